The highest BCUT2D eigenvalue weighted by Crippen LogP contribution is 2.11. The van der Waals surface area contributed by atoms with Gasteiger partial charge in [-0.25, -0.2) is 4.79 Å². The Morgan fingerprint density at radius 1 is 0.905 bits per heavy atom. The summed E-state index contributed by atoms with van der Waals surface area (Å²) in [7, 11) is 0. The van der Waals surface area contributed by atoms with Gasteiger partial charge in [0.05, 0.1) is 0 Å². The van der Waals surface area contributed by atoms with Gasteiger partial charge in [-0.3, -0.25) is 4.79 Å². The van der Waals surface area contributed by atoms with Crippen LogP contribution in [0.25, 0.3) is 0 Å². The van der Waals surface area contributed by atoms with Crippen molar-refractivity contribution in [2.45, 2.75) is 91.0 Å². The molecule has 4 nitrogen and oxygen atoms in total. The Labute approximate surface area is 129 Å². The van der Waals surface area contributed by atoms with E-state index in [1.54, 1.807) is 0 Å². The average Bonchev–Trinajstić information content (AvgIpc) is 2.44. The zero-order valence-electron chi connectivity index (χ0n) is 14.0. The van der Waals surface area contributed by atoms with Crippen molar-refractivity contribution in [1.29, 1.82) is 0 Å². The first-order chi connectivity index (χ1) is 9.99. The normalized spacial score (nSPS) is 12.4. The molecule has 21 heavy (non-hydrogen) atoms. The lowest BCUT2D eigenvalue weighted by molar-refractivity contribution is -0.161. The van der Waals surface area contributed by atoms with Gasteiger partial charge < -0.3 is 10.5 Å². The van der Waals surface area contributed by atoms with E-state index >= 15 is 0 Å². The van der Waals surface area contributed by atoms with Crippen LogP contribution in [0.3, 0.4) is 0 Å². The van der Waals surface area contributed by atoms with Crippen LogP contribution in [-0.2, 0) is 14.3 Å². The molecule has 0 aromatic carbocycles. The second-order valence-electron chi connectivity index (χ2n) is 6.14. The minimum Gasteiger partial charge on any atom is -0.392 e. The Morgan fingerprint density at radius 2 is 1.38 bits per heavy atom. The van der Waals surface area contributed by atoms with Crippen LogP contribution < -0.4 is 5.73 Å². The number of ether oxygens (including phenoxy) is 1. The second kappa shape index (κ2) is 12.8. The number of rotatable bonds is 12. The van der Waals surface area contributed by atoms with E-state index in [0.29, 0.717) is 6.42 Å². The van der Waals surface area contributed by atoms with Gasteiger partial charge in [0.2, 0.25) is 0 Å². The Bertz CT molecular complexity index is 290. The lowest BCUT2D eigenvalue weighted by atomic mass is 10.1. The molecule has 0 spiro atoms. The highest BCUT2D eigenvalue weighted by molar-refractivity contribution is 5.88. The Morgan fingerprint density at radius 3 is 1.86 bits per heavy atom. The van der Waals surface area contributed by atoms with Crippen LogP contribution in [-0.4, -0.2) is 18.0 Å². The van der Waals surface area contributed by atoms with Crippen LogP contribution >= 0.6 is 0 Å². The van der Waals surface area contributed by atoms with Gasteiger partial charge in [0.15, 0.2) is 0 Å². The van der Waals surface area contributed by atoms with Crippen LogP contribution in [0.5, 0.6) is 0 Å². The van der Waals surface area contributed by atoms with Crippen molar-refractivity contribution in [1.82, 2.24) is 0 Å². The first-order valence-corrected chi connectivity index (χ1v) is 8.49. The fraction of sp³-hybridized carbons (Fsp3) is 0.882. The largest absolute Gasteiger partial charge is 0.392 e. The standard InChI is InChI=1S/C17H33NO3/c1-4-5-6-7-8-9-10-11-12-13-15(19)21-17(20)16(18)14(2)3/h14,16H,4-13,18H2,1-3H3/t16-/m0/s1. The van der Waals surface area contributed by atoms with E-state index in [-0.39, 0.29) is 5.92 Å². The summed E-state index contributed by atoms with van der Waals surface area (Å²) in [4.78, 5) is 23.0. The maximum Gasteiger partial charge on any atom is 0.330 e. The average molecular weight is 299 g/mol. The summed E-state index contributed by atoms with van der Waals surface area (Å²) < 4.78 is 4.74. The highest BCUT2D eigenvalue weighted by Gasteiger charge is 2.21. The molecule has 0 radical (unpaired) electrons. The lowest BCUT2D eigenvalue weighted by Crippen LogP contribution is -2.38. The molecule has 0 saturated carbocycles. The quantitative estimate of drug-likeness (QED) is 0.336. The van der Waals surface area contributed by atoms with Crippen molar-refractivity contribution < 1.29 is 14.3 Å². The van der Waals surface area contributed by atoms with Crippen molar-refractivity contribution in [3.05, 3.63) is 0 Å². The Hall–Kier alpha value is -0.900. The van der Waals surface area contributed by atoms with Gasteiger partial charge in [-0.05, 0) is 12.3 Å². The van der Waals surface area contributed by atoms with Gasteiger partial charge in [0, 0.05) is 6.42 Å². The second-order valence-corrected chi connectivity index (χ2v) is 6.14. The van der Waals surface area contributed by atoms with E-state index in [4.69, 9.17) is 10.5 Å². The molecule has 0 heterocycles. The molecular weight excluding hydrogens is 266 g/mol. The molecule has 0 aromatic heterocycles. The predicted molar refractivity (Wildman–Crippen MR) is 85.8 cm³/mol. The lowest BCUT2D eigenvalue weighted by Gasteiger charge is -2.13. The summed E-state index contributed by atoms with van der Waals surface area (Å²) in [6.07, 6.45) is 11.1. The number of carbonyl (C=O) groups excluding carboxylic acids is 2. The molecule has 0 aliphatic carbocycles. The van der Waals surface area contributed by atoms with Crippen LogP contribution in [0.2, 0.25) is 0 Å². The van der Waals surface area contributed by atoms with Gasteiger partial charge in [-0.1, -0.05) is 72.1 Å². The molecule has 0 unspecified atom stereocenters. The van der Waals surface area contributed by atoms with Crippen molar-refractivity contribution in [2.75, 3.05) is 0 Å². The fourth-order valence-electron chi connectivity index (χ4n) is 2.08. The number of unbranched alkanes of at least 4 members (excludes halogenated alkanes) is 8. The van der Waals surface area contributed by atoms with Gasteiger partial charge in [-0.2, -0.15) is 0 Å². The number of hydrogen-bond acceptors (Lipinski definition) is 4. The number of carbonyl (C=O) groups is 2. The summed E-state index contributed by atoms with van der Waals surface area (Å²) in [5.74, 6) is -1.07. The molecule has 0 aromatic rings. The third-order valence-electron chi connectivity index (χ3n) is 3.69. The first-order valence-electron chi connectivity index (χ1n) is 8.49. The molecular formula is C17H33NO3. The number of esters is 2. The maximum atomic E-state index is 11.5. The van der Waals surface area contributed by atoms with E-state index in [0.717, 1.165) is 19.3 Å². The molecule has 124 valence electrons. The SMILES string of the molecule is CCCCCCCCCCCC(=O)OC(=O)[C@@H](N)C(C)C. The minimum absolute atomic E-state index is 0.0157. The first kappa shape index (κ1) is 20.1. The zero-order valence-corrected chi connectivity index (χ0v) is 14.0. The molecule has 0 rings (SSSR count). The predicted octanol–water partition coefficient (Wildman–Crippen LogP) is 3.96. The van der Waals surface area contributed by atoms with Crippen LogP contribution in [0.4, 0.5) is 0 Å². The van der Waals surface area contributed by atoms with E-state index in [1.165, 1.54) is 38.5 Å². The van der Waals surface area contributed by atoms with Crippen LogP contribution in [0.15, 0.2) is 0 Å². The minimum atomic E-state index is -0.711. The van der Waals surface area contributed by atoms with E-state index < -0.39 is 18.0 Å². The summed E-state index contributed by atoms with van der Waals surface area (Å²) in [5, 5.41) is 0. The van der Waals surface area contributed by atoms with Gasteiger partial charge in [0.1, 0.15) is 6.04 Å². The fourth-order valence-corrected chi connectivity index (χ4v) is 2.08. The summed E-state index contributed by atoms with van der Waals surface area (Å²) >= 11 is 0. The highest BCUT2D eigenvalue weighted by atomic mass is 16.6. The number of nitrogens with two attached hydrogens (primary N) is 1. The summed E-state index contributed by atoms with van der Waals surface area (Å²) in [6.45, 7) is 5.88. The Balaban J connectivity index is 3.48. The maximum absolute atomic E-state index is 11.5. The molecule has 0 aliphatic heterocycles. The monoisotopic (exact) mass is 299 g/mol. The molecule has 1 atom stereocenters. The molecule has 0 aliphatic rings. The summed E-state index contributed by atoms with van der Waals surface area (Å²) in [5.41, 5.74) is 5.63. The van der Waals surface area contributed by atoms with E-state index in [1.807, 2.05) is 13.8 Å². The van der Waals surface area contributed by atoms with Gasteiger partial charge in [0.25, 0.3) is 0 Å². The van der Waals surface area contributed by atoms with Crippen LogP contribution in [0, 0.1) is 5.92 Å². The smallest absolute Gasteiger partial charge is 0.330 e. The molecule has 2 N–H and O–H groups in total. The number of hydrogen-bond donors (Lipinski definition) is 1. The van der Waals surface area contributed by atoms with Crippen molar-refractivity contribution in [2.24, 2.45) is 11.7 Å². The van der Waals surface area contributed by atoms with E-state index in [2.05, 4.69) is 6.92 Å². The van der Waals surface area contributed by atoms with Crippen molar-refractivity contribution in [3.63, 3.8) is 0 Å². The summed E-state index contributed by atoms with van der Waals surface area (Å²) in [6, 6.07) is -0.711. The van der Waals surface area contributed by atoms with Gasteiger partial charge >= 0.3 is 11.9 Å². The topological polar surface area (TPSA) is 69.4 Å². The molecule has 0 bridgehead atoms. The van der Waals surface area contributed by atoms with E-state index in [9.17, 15) is 9.59 Å². The molecule has 0 amide bonds. The van der Waals surface area contributed by atoms with Crippen molar-refractivity contribution in [3.8, 4) is 0 Å². The Kier molecular flexibility index (Phi) is 12.3. The molecule has 0 saturated heterocycles. The third-order valence-corrected chi connectivity index (χ3v) is 3.69. The molecule has 4 heteroatoms. The van der Waals surface area contributed by atoms with Crippen LogP contribution in [0.1, 0.15) is 85.0 Å². The third kappa shape index (κ3) is 11.4. The molecule has 0 fully saturated rings. The zero-order chi connectivity index (χ0) is 16.1. The van der Waals surface area contributed by atoms with Crippen molar-refractivity contribution >= 4 is 11.9 Å². The van der Waals surface area contributed by atoms with Gasteiger partial charge in [-0.15, -0.1) is 0 Å².